The highest BCUT2D eigenvalue weighted by atomic mass is 16.6. The Kier molecular flexibility index (Phi) is 8.23. The summed E-state index contributed by atoms with van der Waals surface area (Å²) in [5, 5.41) is 0. The molecule has 2 bridgehead atoms. The third-order valence-corrected chi connectivity index (χ3v) is 8.70. The van der Waals surface area contributed by atoms with E-state index in [2.05, 4.69) is 0 Å². The zero-order valence-electron chi connectivity index (χ0n) is 24.5. The van der Waals surface area contributed by atoms with Crippen LogP contribution in [0.5, 0.6) is 0 Å². The monoisotopic (exact) mass is 574 g/mol. The predicted octanol–water partition coefficient (Wildman–Crippen LogP) is 3.16. The highest BCUT2D eigenvalue weighted by molar-refractivity contribution is 5.89. The van der Waals surface area contributed by atoms with E-state index >= 15 is 0 Å². The van der Waals surface area contributed by atoms with Gasteiger partial charge in [0.2, 0.25) is 0 Å². The molecule has 1 aromatic carbocycles. The Bertz CT molecular complexity index is 1210. The number of carbonyl (C=O) groups excluding carboxylic acids is 5. The van der Waals surface area contributed by atoms with Crippen LogP contribution in [-0.4, -0.2) is 72.1 Å². The van der Waals surface area contributed by atoms with Crippen molar-refractivity contribution in [2.75, 3.05) is 6.61 Å². The number of hydrogen-bond acceptors (Lipinski definition) is 11. The van der Waals surface area contributed by atoms with Crippen molar-refractivity contribution >= 4 is 29.8 Å². The van der Waals surface area contributed by atoms with E-state index in [0.717, 1.165) is 0 Å². The molecule has 1 aromatic rings. The van der Waals surface area contributed by atoms with E-state index in [4.69, 9.17) is 28.4 Å². The summed E-state index contributed by atoms with van der Waals surface area (Å²) in [5.41, 5.74) is -3.98. The Balaban J connectivity index is 2.06. The average Bonchev–Trinajstić information content (AvgIpc) is 3.06. The number of fused-ring (bicyclic) bond motifs is 1. The van der Waals surface area contributed by atoms with Gasteiger partial charge in [0, 0.05) is 27.7 Å². The molecule has 224 valence electrons. The molecule has 3 fully saturated rings. The first kappa shape index (κ1) is 30.5. The van der Waals surface area contributed by atoms with Gasteiger partial charge in [0.15, 0.2) is 6.10 Å². The van der Waals surface area contributed by atoms with Crippen molar-refractivity contribution in [3.05, 3.63) is 35.9 Å². The number of esters is 5. The van der Waals surface area contributed by atoms with E-state index in [1.807, 2.05) is 6.92 Å². The van der Waals surface area contributed by atoms with E-state index in [1.54, 1.807) is 44.2 Å². The second-order valence-electron chi connectivity index (χ2n) is 11.7. The Hall–Kier alpha value is -3.47. The van der Waals surface area contributed by atoms with Gasteiger partial charge in [-0.25, -0.2) is 4.79 Å². The Morgan fingerprint density at radius 3 is 1.98 bits per heavy atom. The van der Waals surface area contributed by atoms with Crippen molar-refractivity contribution in [1.29, 1.82) is 0 Å². The Morgan fingerprint density at radius 2 is 1.41 bits per heavy atom. The molecule has 41 heavy (non-hydrogen) atoms. The topological polar surface area (TPSA) is 141 Å². The smallest absolute Gasteiger partial charge is 0.338 e. The van der Waals surface area contributed by atoms with Crippen LogP contribution >= 0.6 is 0 Å². The van der Waals surface area contributed by atoms with Gasteiger partial charge in [-0.2, -0.15) is 0 Å². The first-order chi connectivity index (χ1) is 19.2. The molecule has 0 radical (unpaired) electrons. The van der Waals surface area contributed by atoms with Crippen molar-refractivity contribution < 1.29 is 52.4 Å². The number of benzene rings is 1. The van der Waals surface area contributed by atoms with Crippen LogP contribution in [0.15, 0.2) is 30.3 Å². The van der Waals surface area contributed by atoms with Crippen LogP contribution in [0.4, 0.5) is 0 Å². The minimum Gasteiger partial charge on any atom is -0.465 e. The van der Waals surface area contributed by atoms with Crippen molar-refractivity contribution in [2.24, 2.45) is 17.3 Å². The van der Waals surface area contributed by atoms with Gasteiger partial charge in [0.05, 0.1) is 17.1 Å². The maximum atomic E-state index is 13.7. The summed E-state index contributed by atoms with van der Waals surface area (Å²) in [6, 6.07) is 8.24. The van der Waals surface area contributed by atoms with Crippen LogP contribution in [0.3, 0.4) is 0 Å². The molecule has 1 spiro atoms. The molecule has 8 atom stereocenters. The standard InChI is InChI=1S/C30H38O11/c1-16-13-14-22(37-18(3)32)29(15-36-17(2)31)26(40-27(35)21-11-9-8-10-12-21)24(38-19(4)33)23-25(39-20(5)34)30(16,29)41-28(23,6)7/h8-12,16,22-26H,13-15H2,1-7H3/t16-,22+,23-,24+,25-,26-,29+,30-/m1/s1. The average molecular weight is 575 g/mol. The fourth-order valence-corrected chi connectivity index (χ4v) is 7.44. The molecule has 2 aliphatic carbocycles. The van der Waals surface area contributed by atoms with Crippen LogP contribution in [-0.2, 0) is 47.6 Å². The quantitative estimate of drug-likeness (QED) is 0.350. The third-order valence-electron chi connectivity index (χ3n) is 8.70. The molecule has 0 aromatic heterocycles. The second-order valence-corrected chi connectivity index (χ2v) is 11.7. The van der Waals surface area contributed by atoms with Gasteiger partial charge >= 0.3 is 29.8 Å². The van der Waals surface area contributed by atoms with Crippen molar-refractivity contribution in [1.82, 2.24) is 0 Å². The van der Waals surface area contributed by atoms with Crippen LogP contribution in [0.2, 0.25) is 0 Å². The van der Waals surface area contributed by atoms with Gasteiger partial charge in [-0.05, 0) is 44.7 Å². The third kappa shape index (κ3) is 5.09. The highest BCUT2D eigenvalue weighted by Crippen LogP contribution is 2.68. The van der Waals surface area contributed by atoms with E-state index in [0.29, 0.717) is 6.42 Å². The number of rotatable bonds is 7. The SMILES string of the molecule is CC(=O)OC[C@@]12[C@@H](OC(C)=O)CC[C@@H](C)[C@]13OC(C)(C)[C@H]([C@H](OC(C)=O)[C@H]2OC(=O)c1ccccc1)[C@H]3OC(C)=O. The van der Waals surface area contributed by atoms with Crippen LogP contribution in [0, 0.1) is 17.3 Å². The molecule has 3 aliphatic rings. The molecule has 1 heterocycles. The fourth-order valence-electron chi connectivity index (χ4n) is 7.44. The largest absolute Gasteiger partial charge is 0.465 e. The van der Waals surface area contributed by atoms with E-state index < -0.39 is 83.4 Å². The minimum atomic E-state index is -1.64. The summed E-state index contributed by atoms with van der Waals surface area (Å²) < 4.78 is 36.7. The van der Waals surface area contributed by atoms with E-state index in [9.17, 15) is 24.0 Å². The van der Waals surface area contributed by atoms with Crippen LogP contribution < -0.4 is 0 Å². The van der Waals surface area contributed by atoms with Gasteiger partial charge in [-0.1, -0.05) is 25.1 Å². The maximum absolute atomic E-state index is 13.7. The summed E-state index contributed by atoms with van der Waals surface area (Å²) in [6.45, 7) is 9.97. The molecule has 0 unspecified atom stereocenters. The van der Waals surface area contributed by atoms with Crippen molar-refractivity contribution in [2.45, 2.75) is 96.9 Å². The zero-order valence-corrected chi connectivity index (χ0v) is 24.5. The normalized spacial score (nSPS) is 34.9. The molecule has 1 saturated heterocycles. The molecular weight excluding hydrogens is 536 g/mol. The van der Waals surface area contributed by atoms with Gasteiger partial charge in [0.1, 0.15) is 35.9 Å². The molecule has 11 heteroatoms. The molecule has 2 saturated carbocycles. The summed E-state index contributed by atoms with van der Waals surface area (Å²) in [7, 11) is 0. The number of carbonyl (C=O) groups is 5. The zero-order chi connectivity index (χ0) is 30.3. The first-order valence-corrected chi connectivity index (χ1v) is 13.8. The molecule has 11 nitrogen and oxygen atoms in total. The highest BCUT2D eigenvalue weighted by Gasteiger charge is 2.84. The predicted molar refractivity (Wildman–Crippen MR) is 141 cm³/mol. The summed E-state index contributed by atoms with van der Waals surface area (Å²) in [5.74, 6) is -4.44. The van der Waals surface area contributed by atoms with E-state index in [1.165, 1.54) is 27.7 Å². The number of ether oxygens (including phenoxy) is 6. The summed E-state index contributed by atoms with van der Waals surface area (Å²) in [6.07, 6.45) is -3.85. The lowest BCUT2D eigenvalue weighted by Gasteiger charge is -2.63. The Labute approximate surface area is 239 Å². The lowest BCUT2D eigenvalue weighted by molar-refractivity contribution is -0.314. The minimum absolute atomic E-state index is 0.230. The molecule has 1 aliphatic heterocycles. The Morgan fingerprint density at radius 1 is 0.805 bits per heavy atom. The first-order valence-electron chi connectivity index (χ1n) is 13.8. The van der Waals surface area contributed by atoms with Gasteiger partial charge in [-0.15, -0.1) is 0 Å². The van der Waals surface area contributed by atoms with Gasteiger partial charge in [0.25, 0.3) is 0 Å². The maximum Gasteiger partial charge on any atom is 0.338 e. The van der Waals surface area contributed by atoms with Crippen LogP contribution in [0.25, 0.3) is 0 Å². The van der Waals surface area contributed by atoms with Crippen LogP contribution in [0.1, 0.15) is 71.7 Å². The lowest BCUT2D eigenvalue weighted by Crippen LogP contribution is -2.79. The van der Waals surface area contributed by atoms with Crippen molar-refractivity contribution in [3.8, 4) is 0 Å². The molecular formula is C30H38O11. The summed E-state index contributed by atoms with van der Waals surface area (Å²) >= 11 is 0. The molecule has 4 rings (SSSR count). The van der Waals surface area contributed by atoms with E-state index in [-0.39, 0.29) is 17.9 Å². The lowest BCUT2D eigenvalue weighted by atomic mass is 9.47. The second kappa shape index (κ2) is 11.1. The van der Waals surface area contributed by atoms with Gasteiger partial charge in [-0.3, -0.25) is 19.2 Å². The van der Waals surface area contributed by atoms with Crippen molar-refractivity contribution in [3.63, 3.8) is 0 Å². The summed E-state index contributed by atoms with van der Waals surface area (Å²) in [4.78, 5) is 63.7. The molecule has 0 N–H and O–H groups in total. The molecule has 0 amide bonds. The fraction of sp³-hybridized carbons (Fsp3) is 0.633. The number of hydrogen-bond donors (Lipinski definition) is 0. The van der Waals surface area contributed by atoms with Gasteiger partial charge < -0.3 is 28.4 Å².